The first-order valence-electron chi connectivity index (χ1n) is 9.34. The lowest BCUT2D eigenvalue weighted by Crippen LogP contribution is -2.20. The molecule has 1 atom stereocenters. The third kappa shape index (κ3) is 4.12. The molecule has 27 heavy (non-hydrogen) atoms. The monoisotopic (exact) mass is 372 g/mol. The smallest absolute Gasteiger partial charge is 0.255 e. The highest BCUT2D eigenvalue weighted by Crippen LogP contribution is 2.31. The Labute approximate surface area is 157 Å². The second kappa shape index (κ2) is 8.06. The van der Waals surface area contributed by atoms with E-state index in [-0.39, 0.29) is 12.6 Å². The maximum atomic E-state index is 11.0. The van der Waals surface area contributed by atoms with Crippen LogP contribution in [0.15, 0.2) is 24.3 Å². The van der Waals surface area contributed by atoms with Gasteiger partial charge in [0.25, 0.3) is 5.91 Å². The lowest BCUT2D eigenvalue weighted by atomic mass is 10.00. The minimum Gasteiger partial charge on any atom is -0.484 e. The van der Waals surface area contributed by atoms with Gasteiger partial charge < -0.3 is 19.9 Å². The fraction of sp³-hybridized carbons (Fsp3) is 0.526. The van der Waals surface area contributed by atoms with Gasteiger partial charge in [-0.1, -0.05) is 12.1 Å². The Kier molecular flexibility index (Phi) is 5.35. The van der Waals surface area contributed by atoms with Gasteiger partial charge in [0.2, 0.25) is 0 Å². The normalized spacial score (nSPS) is 20.7. The second-order valence-electron chi connectivity index (χ2n) is 6.93. The van der Waals surface area contributed by atoms with E-state index >= 15 is 0 Å². The number of primary amides is 1. The Hall–Kier alpha value is -2.45. The second-order valence-corrected chi connectivity index (χ2v) is 6.93. The van der Waals surface area contributed by atoms with Crippen molar-refractivity contribution >= 4 is 5.91 Å². The minimum absolute atomic E-state index is 0.153. The minimum atomic E-state index is -0.506. The van der Waals surface area contributed by atoms with Gasteiger partial charge in [0.1, 0.15) is 5.75 Å². The highest BCUT2D eigenvalue weighted by atomic mass is 16.5. The molecule has 0 spiro atoms. The zero-order valence-electron chi connectivity index (χ0n) is 15.2. The molecule has 0 saturated carbocycles. The van der Waals surface area contributed by atoms with Gasteiger partial charge in [-0.15, -0.1) is 0 Å². The first-order chi connectivity index (χ1) is 13.2. The van der Waals surface area contributed by atoms with Crippen molar-refractivity contribution < 1.29 is 19.0 Å². The fourth-order valence-electron chi connectivity index (χ4n) is 3.51. The van der Waals surface area contributed by atoms with Crippen LogP contribution >= 0.6 is 0 Å². The molecule has 8 nitrogen and oxygen atoms in total. The third-order valence-electron chi connectivity index (χ3n) is 4.96. The number of nitrogens with zero attached hydrogens (tertiary/aromatic N) is 3. The average molecular weight is 372 g/mol. The molecule has 8 heteroatoms. The van der Waals surface area contributed by atoms with Crippen molar-refractivity contribution in [2.75, 3.05) is 33.0 Å². The van der Waals surface area contributed by atoms with Crippen LogP contribution in [0.4, 0.5) is 0 Å². The molecule has 4 rings (SSSR count). The van der Waals surface area contributed by atoms with Crippen LogP contribution in [0.3, 0.4) is 0 Å². The molecule has 2 saturated heterocycles. The van der Waals surface area contributed by atoms with Crippen molar-refractivity contribution in [2.45, 2.75) is 31.2 Å². The van der Waals surface area contributed by atoms with Gasteiger partial charge in [0, 0.05) is 31.3 Å². The van der Waals surface area contributed by atoms with E-state index in [1.807, 2.05) is 22.9 Å². The van der Waals surface area contributed by atoms with Gasteiger partial charge in [-0.3, -0.25) is 4.79 Å². The van der Waals surface area contributed by atoms with Gasteiger partial charge in [-0.2, -0.15) is 5.10 Å². The molecule has 2 aliphatic heterocycles. The van der Waals surface area contributed by atoms with Gasteiger partial charge in [-0.05, 0) is 31.4 Å². The zero-order chi connectivity index (χ0) is 18.6. The molecule has 1 aromatic heterocycles. The molecule has 2 N–H and O–H groups in total. The first kappa shape index (κ1) is 17.9. The molecule has 144 valence electrons. The fourth-order valence-corrected chi connectivity index (χ4v) is 3.51. The van der Waals surface area contributed by atoms with Crippen molar-refractivity contribution in [1.82, 2.24) is 14.8 Å². The zero-order valence-corrected chi connectivity index (χ0v) is 15.2. The van der Waals surface area contributed by atoms with Crippen LogP contribution in [0.2, 0.25) is 0 Å². The molecule has 2 aromatic rings. The molecule has 1 aromatic carbocycles. The number of amides is 1. The Morgan fingerprint density at radius 2 is 2.04 bits per heavy atom. The van der Waals surface area contributed by atoms with Crippen LogP contribution in [-0.4, -0.2) is 53.7 Å². The van der Waals surface area contributed by atoms with E-state index < -0.39 is 5.91 Å². The molecule has 0 radical (unpaired) electrons. The van der Waals surface area contributed by atoms with Gasteiger partial charge >= 0.3 is 0 Å². The van der Waals surface area contributed by atoms with Crippen molar-refractivity contribution in [2.24, 2.45) is 5.73 Å². The van der Waals surface area contributed by atoms with Gasteiger partial charge in [0.15, 0.2) is 18.3 Å². The van der Waals surface area contributed by atoms with E-state index in [1.54, 1.807) is 6.07 Å². The Bertz CT molecular complexity index is 795. The van der Waals surface area contributed by atoms with Crippen molar-refractivity contribution in [3.05, 3.63) is 30.1 Å². The molecule has 2 aliphatic rings. The standard InChI is InChI=1S/C19H24N4O4/c20-17(24)12-27-16-3-1-2-14(10-16)19-21-18(13-4-7-25-8-5-13)22-23(19)15-6-9-26-11-15/h1-3,10,13,15H,4-9,11-12H2,(H2,20,24). The quantitative estimate of drug-likeness (QED) is 0.828. The maximum absolute atomic E-state index is 11.0. The van der Waals surface area contributed by atoms with Gasteiger partial charge in [0.05, 0.1) is 12.6 Å². The van der Waals surface area contributed by atoms with Gasteiger partial charge in [-0.25, -0.2) is 9.67 Å². The number of aromatic nitrogens is 3. The molecule has 1 amide bonds. The lowest BCUT2D eigenvalue weighted by Gasteiger charge is -2.19. The molecular weight excluding hydrogens is 348 g/mol. The third-order valence-corrected chi connectivity index (χ3v) is 4.96. The van der Waals surface area contributed by atoms with E-state index in [2.05, 4.69) is 0 Å². The Morgan fingerprint density at radius 1 is 1.22 bits per heavy atom. The number of rotatable bonds is 6. The van der Waals surface area contributed by atoms with E-state index in [0.29, 0.717) is 18.3 Å². The molecule has 0 bridgehead atoms. The van der Waals surface area contributed by atoms with E-state index in [9.17, 15) is 4.79 Å². The Balaban J connectivity index is 1.66. The highest BCUT2D eigenvalue weighted by Gasteiger charge is 2.27. The molecular formula is C19H24N4O4. The predicted molar refractivity (Wildman–Crippen MR) is 97.4 cm³/mol. The summed E-state index contributed by atoms with van der Waals surface area (Å²) in [7, 11) is 0. The Morgan fingerprint density at radius 3 is 2.78 bits per heavy atom. The topological polar surface area (TPSA) is 101 Å². The number of hydrogen-bond donors (Lipinski definition) is 1. The van der Waals surface area contributed by atoms with Crippen LogP contribution in [-0.2, 0) is 14.3 Å². The summed E-state index contributed by atoms with van der Waals surface area (Å²) in [5, 5.41) is 4.85. The number of carbonyl (C=O) groups excluding carboxylic acids is 1. The summed E-state index contributed by atoms with van der Waals surface area (Å²) in [4.78, 5) is 15.9. The highest BCUT2D eigenvalue weighted by molar-refractivity contribution is 5.75. The molecule has 2 fully saturated rings. The van der Waals surface area contributed by atoms with Crippen LogP contribution in [0, 0.1) is 0 Å². The number of nitrogens with two attached hydrogens (primary N) is 1. The van der Waals surface area contributed by atoms with Crippen LogP contribution in [0.5, 0.6) is 5.75 Å². The summed E-state index contributed by atoms with van der Waals surface area (Å²) in [6.07, 6.45) is 2.79. The molecule has 0 aliphatic carbocycles. The van der Waals surface area contributed by atoms with Crippen molar-refractivity contribution in [3.63, 3.8) is 0 Å². The summed E-state index contributed by atoms with van der Waals surface area (Å²) >= 11 is 0. The SMILES string of the molecule is NC(=O)COc1cccc(-c2nc(C3CCOCC3)nn2C2CCOC2)c1. The number of ether oxygens (including phenoxy) is 3. The van der Waals surface area contributed by atoms with Crippen LogP contribution < -0.4 is 10.5 Å². The summed E-state index contributed by atoms with van der Waals surface area (Å²) in [5.74, 6) is 2.06. The number of hydrogen-bond acceptors (Lipinski definition) is 6. The van der Waals surface area contributed by atoms with Crippen molar-refractivity contribution in [3.8, 4) is 17.1 Å². The first-order valence-corrected chi connectivity index (χ1v) is 9.34. The number of benzene rings is 1. The summed E-state index contributed by atoms with van der Waals surface area (Å²) in [5.41, 5.74) is 6.07. The molecule has 1 unspecified atom stereocenters. The van der Waals surface area contributed by atoms with E-state index in [1.165, 1.54) is 0 Å². The number of carbonyl (C=O) groups is 1. The molecule has 3 heterocycles. The summed E-state index contributed by atoms with van der Waals surface area (Å²) < 4.78 is 18.5. The van der Waals surface area contributed by atoms with Crippen molar-refractivity contribution in [1.29, 1.82) is 0 Å². The maximum Gasteiger partial charge on any atom is 0.255 e. The van der Waals surface area contributed by atoms with Crippen LogP contribution in [0.1, 0.15) is 37.0 Å². The largest absolute Gasteiger partial charge is 0.484 e. The van der Waals surface area contributed by atoms with E-state index in [4.69, 9.17) is 30.0 Å². The average Bonchev–Trinajstić information content (AvgIpc) is 3.37. The van der Waals surface area contributed by atoms with Crippen LogP contribution in [0.25, 0.3) is 11.4 Å². The van der Waals surface area contributed by atoms with E-state index in [0.717, 1.165) is 56.3 Å². The lowest BCUT2D eigenvalue weighted by molar-refractivity contribution is -0.119. The predicted octanol–water partition coefficient (Wildman–Crippen LogP) is 1.66. The summed E-state index contributed by atoms with van der Waals surface area (Å²) in [6, 6.07) is 7.69. The summed E-state index contributed by atoms with van der Waals surface area (Å²) in [6.45, 7) is 2.72.